The maximum atomic E-state index is 13.1. The molecule has 0 saturated heterocycles. The summed E-state index contributed by atoms with van der Waals surface area (Å²) in [6.45, 7) is 4.01. The van der Waals surface area contributed by atoms with Gasteiger partial charge in [0.1, 0.15) is 11.6 Å². The smallest absolute Gasteiger partial charge is 0.255 e. The first-order chi connectivity index (χ1) is 11.9. The minimum absolute atomic E-state index is 0.177. The Labute approximate surface area is 146 Å². The summed E-state index contributed by atoms with van der Waals surface area (Å²) in [6.07, 6.45) is 0. The van der Waals surface area contributed by atoms with Crippen LogP contribution in [-0.4, -0.2) is 29.9 Å². The summed E-state index contributed by atoms with van der Waals surface area (Å²) in [6, 6.07) is 12.5. The second kappa shape index (κ2) is 8.28. The lowest BCUT2D eigenvalue weighted by atomic mass is 10.1. The van der Waals surface area contributed by atoms with Gasteiger partial charge in [0.05, 0.1) is 6.04 Å². The van der Waals surface area contributed by atoms with Crippen LogP contribution in [0, 0.1) is 5.82 Å². The molecule has 2 rings (SSSR count). The first-order valence-corrected chi connectivity index (χ1v) is 8.00. The van der Waals surface area contributed by atoms with Crippen molar-refractivity contribution in [1.29, 1.82) is 0 Å². The summed E-state index contributed by atoms with van der Waals surface area (Å²) >= 11 is 0. The lowest BCUT2D eigenvalue weighted by molar-refractivity contribution is -0.119. The number of hydrogen-bond donors (Lipinski definition) is 1. The van der Waals surface area contributed by atoms with E-state index in [0.29, 0.717) is 17.9 Å². The third kappa shape index (κ3) is 4.79. The molecule has 0 heterocycles. The Morgan fingerprint density at radius 2 is 1.88 bits per heavy atom. The molecule has 1 unspecified atom stereocenters. The van der Waals surface area contributed by atoms with Gasteiger partial charge < -0.3 is 15.4 Å². The largest absolute Gasteiger partial charge is 0.484 e. The van der Waals surface area contributed by atoms with E-state index < -0.39 is 5.91 Å². The third-order valence-corrected chi connectivity index (χ3v) is 3.88. The van der Waals surface area contributed by atoms with Gasteiger partial charge in [-0.3, -0.25) is 9.59 Å². The van der Waals surface area contributed by atoms with E-state index in [4.69, 9.17) is 10.5 Å². The van der Waals surface area contributed by atoms with Gasteiger partial charge in [0, 0.05) is 12.1 Å². The van der Waals surface area contributed by atoms with Crippen LogP contribution >= 0.6 is 0 Å². The van der Waals surface area contributed by atoms with Crippen LogP contribution in [0.5, 0.6) is 5.75 Å². The lowest BCUT2D eigenvalue weighted by Gasteiger charge is -2.28. The molecule has 25 heavy (non-hydrogen) atoms. The van der Waals surface area contributed by atoms with Crippen molar-refractivity contribution >= 4 is 11.8 Å². The highest BCUT2D eigenvalue weighted by molar-refractivity contribution is 5.95. The third-order valence-electron chi connectivity index (χ3n) is 3.88. The number of nitrogens with zero attached hydrogens (tertiary/aromatic N) is 1. The quantitative estimate of drug-likeness (QED) is 0.839. The first kappa shape index (κ1) is 18.4. The maximum Gasteiger partial charge on any atom is 0.255 e. The number of benzene rings is 2. The number of ether oxygens (including phenoxy) is 1. The topological polar surface area (TPSA) is 72.6 Å². The Bertz CT molecular complexity index is 747. The van der Waals surface area contributed by atoms with Crippen LogP contribution in [0.1, 0.15) is 35.8 Å². The summed E-state index contributed by atoms with van der Waals surface area (Å²) in [7, 11) is 0. The zero-order valence-electron chi connectivity index (χ0n) is 14.2. The number of carbonyl (C=O) groups excluding carboxylic acids is 2. The minimum atomic E-state index is -0.586. The molecule has 2 aromatic carbocycles. The second-order valence-electron chi connectivity index (χ2n) is 5.60. The van der Waals surface area contributed by atoms with Crippen LogP contribution in [0.15, 0.2) is 48.5 Å². The molecule has 0 spiro atoms. The van der Waals surface area contributed by atoms with Gasteiger partial charge in [0.15, 0.2) is 6.61 Å². The Morgan fingerprint density at radius 3 is 2.48 bits per heavy atom. The van der Waals surface area contributed by atoms with Crippen molar-refractivity contribution in [3.8, 4) is 5.75 Å². The number of hydrogen-bond acceptors (Lipinski definition) is 3. The van der Waals surface area contributed by atoms with E-state index in [1.165, 1.54) is 12.1 Å². The number of primary amides is 1. The lowest BCUT2D eigenvalue weighted by Crippen LogP contribution is -2.33. The van der Waals surface area contributed by atoms with Crippen LogP contribution in [0.2, 0.25) is 0 Å². The van der Waals surface area contributed by atoms with Gasteiger partial charge in [-0.2, -0.15) is 0 Å². The van der Waals surface area contributed by atoms with Crippen molar-refractivity contribution in [3.63, 3.8) is 0 Å². The van der Waals surface area contributed by atoms with E-state index in [-0.39, 0.29) is 24.4 Å². The molecule has 2 aromatic rings. The number of carbonyl (C=O) groups is 2. The van der Waals surface area contributed by atoms with Crippen LogP contribution < -0.4 is 10.5 Å². The van der Waals surface area contributed by atoms with E-state index in [9.17, 15) is 14.0 Å². The Balaban J connectivity index is 2.19. The summed E-state index contributed by atoms with van der Waals surface area (Å²) < 4.78 is 18.3. The fraction of sp³-hybridized carbons (Fsp3) is 0.263. The predicted octanol–water partition coefficient (Wildman–Crippen LogP) is 2.91. The highest BCUT2D eigenvalue weighted by Crippen LogP contribution is 2.23. The highest BCUT2D eigenvalue weighted by atomic mass is 19.1. The maximum absolute atomic E-state index is 13.1. The van der Waals surface area contributed by atoms with E-state index in [0.717, 1.165) is 5.56 Å². The molecule has 2 amide bonds. The van der Waals surface area contributed by atoms with Gasteiger partial charge >= 0.3 is 0 Å². The summed E-state index contributed by atoms with van der Waals surface area (Å²) in [5, 5.41) is 0. The molecule has 0 radical (unpaired) electrons. The number of nitrogens with two attached hydrogens (primary N) is 1. The van der Waals surface area contributed by atoms with E-state index in [1.807, 2.05) is 13.8 Å². The average molecular weight is 344 g/mol. The van der Waals surface area contributed by atoms with Gasteiger partial charge in [-0.15, -0.1) is 0 Å². The minimum Gasteiger partial charge on any atom is -0.484 e. The Kier molecular flexibility index (Phi) is 6.11. The van der Waals surface area contributed by atoms with Crippen molar-refractivity contribution in [1.82, 2.24) is 4.90 Å². The van der Waals surface area contributed by atoms with Gasteiger partial charge in [0.2, 0.25) is 0 Å². The zero-order valence-corrected chi connectivity index (χ0v) is 14.2. The molecule has 2 N–H and O–H groups in total. The van der Waals surface area contributed by atoms with Crippen molar-refractivity contribution in [3.05, 3.63) is 65.5 Å². The fourth-order valence-electron chi connectivity index (χ4n) is 2.55. The monoisotopic (exact) mass is 344 g/mol. The standard InChI is InChI=1S/C19H21FN2O3/c1-3-22(13(2)14-7-9-16(20)10-8-14)19(24)15-5-4-6-17(11-15)25-12-18(21)23/h4-11,13H,3,12H2,1-2H3,(H2,21,23). The molecule has 0 aromatic heterocycles. The Morgan fingerprint density at radius 1 is 1.20 bits per heavy atom. The van der Waals surface area contributed by atoms with Crippen LogP contribution in [0.25, 0.3) is 0 Å². The Hall–Kier alpha value is -2.89. The summed E-state index contributed by atoms with van der Waals surface area (Å²) in [4.78, 5) is 25.3. The number of rotatable bonds is 7. The second-order valence-corrected chi connectivity index (χ2v) is 5.60. The fourth-order valence-corrected chi connectivity index (χ4v) is 2.55. The van der Waals surface area contributed by atoms with Crippen molar-refractivity contribution < 1.29 is 18.7 Å². The molecule has 0 aliphatic carbocycles. The van der Waals surface area contributed by atoms with Crippen molar-refractivity contribution in [2.45, 2.75) is 19.9 Å². The normalized spacial score (nSPS) is 11.6. The van der Waals surface area contributed by atoms with Gasteiger partial charge in [-0.1, -0.05) is 18.2 Å². The summed E-state index contributed by atoms with van der Waals surface area (Å²) in [5.41, 5.74) is 6.34. The van der Waals surface area contributed by atoms with E-state index in [1.54, 1.807) is 41.3 Å². The molecule has 132 valence electrons. The highest BCUT2D eigenvalue weighted by Gasteiger charge is 2.21. The van der Waals surface area contributed by atoms with E-state index >= 15 is 0 Å². The van der Waals surface area contributed by atoms with Gasteiger partial charge in [0.25, 0.3) is 11.8 Å². The predicted molar refractivity (Wildman–Crippen MR) is 92.7 cm³/mol. The van der Waals surface area contributed by atoms with Crippen LogP contribution in [-0.2, 0) is 4.79 Å². The van der Waals surface area contributed by atoms with Crippen LogP contribution in [0.3, 0.4) is 0 Å². The molecule has 5 nitrogen and oxygen atoms in total. The molecule has 0 aliphatic heterocycles. The molecular formula is C19H21FN2O3. The van der Waals surface area contributed by atoms with Gasteiger partial charge in [-0.05, 0) is 49.7 Å². The molecule has 1 atom stereocenters. The number of halogens is 1. The first-order valence-electron chi connectivity index (χ1n) is 8.00. The number of amides is 2. The molecular weight excluding hydrogens is 323 g/mol. The van der Waals surface area contributed by atoms with Crippen molar-refractivity contribution in [2.75, 3.05) is 13.2 Å². The van der Waals surface area contributed by atoms with Crippen molar-refractivity contribution in [2.24, 2.45) is 5.73 Å². The molecule has 6 heteroatoms. The molecule has 0 bridgehead atoms. The SMILES string of the molecule is CCN(C(=O)c1cccc(OCC(N)=O)c1)C(C)c1ccc(F)cc1. The average Bonchev–Trinajstić information content (AvgIpc) is 2.61. The van der Waals surface area contributed by atoms with Gasteiger partial charge in [-0.25, -0.2) is 4.39 Å². The summed E-state index contributed by atoms with van der Waals surface area (Å²) in [5.74, 6) is -0.680. The van der Waals surface area contributed by atoms with Crippen LogP contribution in [0.4, 0.5) is 4.39 Å². The zero-order chi connectivity index (χ0) is 18.4. The molecule has 0 fully saturated rings. The van der Waals surface area contributed by atoms with E-state index in [2.05, 4.69) is 0 Å². The molecule has 0 aliphatic rings. The molecule has 0 saturated carbocycles.